The normalized spacial score (nSPS) is 10.1. The highest BCUT2D eigenvalue weighted by Gasteiger charge is 2.00. The number of rotatable bonds is 3. The molecule has 0 spiro atoms. The molecule has 14 heavy (non-hydrogen) atoms. The highest BCUT2D eigenvalue weighted by atomic mass is 32.1. The van der Waals surface area contributed by atoms with Crippen LogP contribution in [-0.4, -0.2) is 15.2 Å². The van der Waals surface area contributed by atoms with Crippen molar-refractivity contribution < 1.29 is 0 Å². The third-order valence-corrected chi connectivity index (χ3v) is 2.78. The van der Waals surface area contributed by atoms with E-state index < -0.39 is 0 Å². The zero-order chi connectivity index (χ0) is 9.80. The molecule has 0 aliphatic rings. The number of aromatic nitrogens is 3. The largest absolute Gasteiger partial charge is 0.364 e. The van der Waals surface area contributed by atoms with Crippen LogP contribution >= 0.6 is 11.3 Å². The second-order valence-corrected chi connectivity index (χ2v) is 3.76. The smallest absolute Gasteiger partial charge is 0.148 e. The quantitative estimate of drug-likeness (QED) is 0.832. The summed E-state index contributed by atoms with van der Waals surface area (Å²) in [5.74, 6) is 0.792. The first-order chi connectivity index (χ1) is 6.86. The molecular formula is C9H10N4S. The number of aryl methyl sites for hydroxylation is 1. The van der Waals surface area contributed by atoms with E-state index in [9.17, 15) is 0 Å². The first kappa shape index (κ1) is 9.08. The Bertz CT molecular complexity index is 398. The molecule has 1 N–H and O–H groups in total. The van der Waals surface area contributed by atoms with Gasteiger partial charge in [0.05, 0.1) is 17.7 Å². The molecule has 0 saturated carbocycles. The Morgan fingerprint density at radius 3 is 3.07 bits per heavy atom. The average molecular weight is 206 g/mol. The molecule has 72 valence electrons. The van der Waals surface area contributed by atoms with Crippen LogP contribution in [0.2, 0.25) is 0 Å². The Kier molecular flexibility index (Phi) is 2.69. The third-order valence-electron chi connectivity index (χ3n) is 1.85. The van der Waals surface area contributed by atoms with Gasteiger partial charge in [-0.1, -0.05) is 0 Å². The molecule has 2 heterocycles. The molecule has 2 aromatic heterocycles. The summed E-state index contributed by atoms with van der Waals surface area (Å²) >= 11 is 1.65. The number of nitrogens with zero attached hydrogens (tertiary/aromatic N) is 3. The van der Waals surface area contributed by atoms with E-state index in [0.717, 1.165) is 18.1 Å². The molecule has 0 atom stereocenters. The van der Waals surface area contributed by atoms with Crippen molar-refractivity contribution in [2.45, 2.75) is 13.5 Å². The summed E-state index contributed by atoms with van der Waals surface area (Å²) in [5, 5.41) is 10.9. The van der Waals surface area contributed by atoms with Gasteiger partial charge in [0.1, 0.15) is 5.82 Å². The summed E-state index contributed by atoms with van der Waals surface area (Å²) in [6, 6.07) is 3.75. The van der Waals surface area contributed by atoms with Crippen molar-refractivity contribution in [2.75, 3.05) is 5.32 Å². The summed E-state index contributed by atoms with van der Waals surface area (Å²) in [6.07, 6.45) is 1.66. The van der Waals surface area contributed by atoms with Crippen molar-refractivity contribution in [2.24, 2.45) is 0 Å². The molecule has 2 aromatic rings. The van der Waals surface area contributed by atoms with E-state index in [4.69, 9.17) is 0 Å². The topological polar surface area (TPSA) is 50.7 Å². The molecule has 2 rings (SSSR count). The maximum absolute atomic E-state index is 4.17. The fourth-order valence-electron chi connectivity index (χ4n) is 1.06. The predicted molar refractivity (Wildman–Crippen MR) is 56.2 cm³/mol. The van der Waals surface area contributed by atoms with Gasteiger partial charge < -0.3 is 5.32 Å². The first-order valence-electron chi connectivity index (χ1n) is 4.27. The van der Waals surface area contributed by atoms with Gasteiger partial charge in [0, 0.05) is 11.1 Å². The van der Waals surface area contributed by atoms with Crippen LogP contribution in [-0.2, 0) is 6.54 Å². The molecule has 0 aromatic carbocycles. The van der Waals surface area contributed by atoms with Crippen LogP contribution in [0, 0.1) is 6.92 Å². The Labute approximate surface area is 86.0 Å². The van der Waals surface area contributed by atoms with Crippen LogP contribution in [0.3, 0.4) is 0 Å². The molecular weight excluding hydrogens is 196 g/mol. The van der Waals surface area contributed by atoms with E-state index in [1.54, 1.807) is 17.5 Å². The lowest BCUT2D eigenvalue weighted by Gasteiger charge is -2.02. The molecule has 0 saturated heterocycles. The van der Waals surface area contributed by atoms with Crippen molar-refractivity contribution in [3.8, 4) is 0 Å². The average Bonchev–Trinajstić information content (AvgIpc) is 2.63. The lowest BCUT2D eigenvalue weighted by Crippen LogP contribution is -2.01. The Morgan fingerprint density at radius 2 is 2.43 bits per heavy atom. The van der Waals surface area contributed by atoms with E-state index in [-0.39, 0.29) is 0 Å². The van der Waals surface area contributed by atoms with Gasteiger partial charge in [-0.2, -0.15) is 5.10 Å². The number of hydrogen-bond donors (Lipinski definition) is 1. The minimum absolute atomic E-state index is 0.759. The SMILES string of the molecule is Cc1ncsc1CNc1cccnn1. The molecule has 0 radical (unpaired) electrons. The lowest BCUT2D eigenvalue weighted by atomic mass is 10.4. The van der Waals surface area contributed by atoms with Gasteiger partial charge >= 0.3 is 0 Å². The zero-order valence-corrected chi connectivity index (χ0v) is 8.58. The van der Waals surface area contributed by atoms with Gasteiger partial charge in [0.15, 0.2) is 0 Å². The summed E-state index contributed by atoms with van der Waals surface area (Å²) in [7, 11) is 0. The van der Waals surface area contributed by atoms with Crippen molar-refractivity contribution in [3.05, 3.63) is 34.4 Å². The van der Waals surface area contributed by atoms with Crippen LogP contribution in [0.1, 0.15) is 10.6 Å². The van der Waals surface area contributed by atoms with E-state index in [1.165, 1.54) is 4.88 Å². The Balaban J connectivity index is 1.99. The molecule has 0 fully saturated rings. The van der Waals surface area contributed by atoms with Gasteiger partial charge in [-0.05, 0) is 19.1 Å². The van der Waals surface area contributed by atoms with Gasteiger partial charge in [-0.3, -0.25) is 0 Å². The van der Waals surface area contributed by atoms with Crippen molar-refractivity contribution in [3.63, 3.8) is 0 Å². The summed E-state index contributed by atoms with van der Waals surface area (Å²) in [5.41, 5.74) is 2.93. The number of thiazole rings is 1. The summed E-state index contributed by atoms with van der Waals surface area (Å²) in [4.78, 5) is 5.40. The summed E-state index contributed by atoms with van der Waals surface area (Å²) in [6.45, 7) is 2.76. The molecule has 0 aliphatic carbocycles. The molecule has 0 unspecified atom stereocenters. The maximum Gasteiger partial charge on any atom is 0.148 e. The number of hydrogen-bond acceptors (Lipinski definition) is 5. The van der Waals surface area contributed by atoms with E-state index in [1.807, 2.05) is 24.6 Å². The van der Waals surface area contributed by atoms with E-state index in [2.05, 4.69) is 20.5 Å². The van der Waals surface area contributed by atoms with Crippen molar-refractivity contribution in [1.82, 2.24) is 15.2 Å². The third kappa shape index (κ3) is 2.05. The summed E-state index contributed by atoms with van der Waals surface area (Å²) < 4.78 is 0. The molecule has 0 amide bonds. The second-order valence-electron chi connectivity index (χ2n) is 2.82. The van der Waals surface area contributed by atoms with Crippen molar-refractivity contribution >= 4 is 17.2 Å². The monoisotopic (exact) mass is 206 g/mol. The van der Waals surface area contributed by atoms with Gasteiger partial charge in [-0.25, -0.2) is 4.98 Å². The molecule has 5 heteroatoms. The standard InChI is InChI=1S/C9H10N4S/c1-7-8(14-6-11-7)5-10-9-3-2-4-12-13-9/h2-4,6H,5H2,1H3,(H,10,13). The van der Waals surface area contributed by atoms with Gasteiger partial charge in [0.25, 0.3) is 0 Å². The maximum atomic E-state index is 4.17. The highest BCUT2D eigenvalue weighted by Crippen LogP contribution is 2.13. The number of nitrogens with one attached hydrogen (secondary N) is 1. The Morgan fingerprint density at radius 1 is 1.50 bits per heavy atom. The fraction of sp³-hybridized carbons (Fsp3) is 0.222. The second kappa shape index (κ2) is 4.15. The first-order valence-corrected chi connectivity index (χ1v) is 5.15. The predicted octanol–water partition coefficient (Wildman–Crippen LogP) is 1.85. The number of anilines is 1. The minimum atomic E-state index is 0.759. The molecule has 4 nitrogen and oxygen atoms in total. The van der Waals surface area contributed by atoms with Crippen molar-refractivity contribution in [1.29, 1.82) is 0 Å². The van der Waals surface area contributed by atoms with Crippen LogP contribution in [0.25, 0.3) is 0 Å². The van der Waals surface area contributed by atoms with E-state index >= 15 is 0 Å². The van der Waals surface area contributed by atoms with E-state index in [0.29, 0.717) is 0 Å². The molecule has 0 aliphatic heterocycles. The van der Waals surface area contributed by atoms with Gasteiger partial charge in [-0.15, -0.1) is 16.4 Å². The fourth-order valence-corrected chi connectivity index (χ4v) is 1.78. The molecule has 0 bridgehead atoms. The Hall–Kier alpha value is -1.49. The van der Waals surface area contributed by atoms with Crippen LogP contribution in [0.15, 0.2) is 23.8 Å². The zero-order valence-electron chi connectivity index (χ0n) is 7.77. The highest BCUT2D eigenvalue weighted by molar-refractivity contribution is 7.09. The van der Waals surface area contributed by atoms with Crippen LogP contribution in [0.4, 0.5) is 5.82 Å². The van der Waals surface area contributed by atoms with Crippen LogP contribution < -0.4 is 5.32 Å². The minimum Gasteiger partial charge on any atom is -0.364 e. The van der Waals surface area contributed by atoms with Gasteiger partial charge in [0.2, 0.25) is 0 Å². The lowest BCUT2D eigenvalue weighted by molar-refractivity contribution is 1.000. The van der Waals surface area contributed by atoms with Crippen LogP contribution in [0.5, 0.6) is 0 Å².